The maximum Gasteiger partial charge on any atom is 0.141 e. The van der Waals surface area contributed by atoms with Gasteiger partial charge in [0.25, 0.3) is 0 Å². The van der Waals surface area contributed by atoms with Gasteiger partial charge in [0.15, 0.2) is 0 Å². The van der Waals surface area contributed by atoms with Crippen LogP contribution in [-0.2, 0) is 5.41 Å². The van der Waals surface area contributed by atoms with Crippen molar-refractivity contribution in [3.8, 4) is 0 Å². The van der Waals surface area contributed by atoms with Crippen LogP contribution < -0.4 is 5.32 Å². The quantitative estimate of drug-likeness (QED) is 0.893. The molecule has 0 radical (unpaired) electrons. The molecule has 0 saturated heterocycles. The van der Waals surface area contributed by atoms with Crippen molar-refractivity contribution >= 4 is 5.82 Å². The van der Waals surface area contributed by atoms with Crippen LogP contribution in [0.1, 0.15) is 43.8 Å². The number of hydrogen-bond donors (Lipinski definition) is 1. The van der Waals surface area contributed by atoms with E-state index in [2.05, 4.69) is 49.5 Å². The molecule has 0 aliphatic rings. The molecule has 0 aliphatic heterocycles. The highest BCUT2D eigenvalue weighted by atomic mass is 15.0. The molecule has 0 unspecified atom stereocenters. The second kappa shape index (κ2) is 6.04. The summed E-state index contributed by atoms with van der Waals surface area (Å²) in [4.78, 5) is 9.44. The lowest BCUT2D eigenvalue weighted by molar-refractivity contribution is 0.448. The molecule has 1 heterocycles. The highest BCUT2D eigenvalue weighted by molar-refractivity contribution is 5.40. The second-order valence-electron chi connectivity index (χ2n) is 5.12. The lowest BCUT2D eigenvalue weighted by atomic mass is 9.75. The average Bonchev–Trinajstić information content (AvgIpc) is 2.49. The number of rotatable bonds is 5. The molecule has 3 nitrogen and oxygen atoms in total. The van der Waals surface area contributed by atoms with Gasteiger partial charge in [0, 0.05) is 18.8 Å². The standard InChI is InChI=1S/C17H23N3/c1-5-17(6-2,14-10-8-7-9-11-14)16-19-13(3)12-15(18-4)20-16/h7-12H,5-6H2,1-4H3,(H,18,19,20). The first-order valence-electron chi connectivity index (χ1n) is 7.25. The first-order valence-corrected chi connectivity index (χ1v) is 7.25. The maximum atomic E-state index is 4.72. The third kappa shape index (κ3) is 2.53. The zero-order valence-corrected chi connectivity index (χ0v) is 12.8. The average molecular weight is 269 g/mol. The molecule has 0 amide bonds. The molecule has 1 N–H and O–H groups in total. The lowest BCUT2D eigenvalue weighted by Crippen LogP contribution is -2.29. The van der Waals surface area contributed by atoms with E-state index in [4.69, 9.17) is 9.97 Å². The fraction of sp³-hybridized carbons (Fsp3) is 0.412. The molecule has 1 aromatic carbocycles. The molecule has 2 aromatic rings. The Morgan fingerprint density at radius 1 is 1.05 bits per heavy atom. The normalized spacial score (nSPS) is 11.4. The van der Waals surface area contributed by atoms with E-state index in [1.165, 1.54) is 5.56 Å². The largest absolute Gasteiger partial charge is 0.373 e. The highest BCUT2D eigenvalue weighted by Gasteiger charge is 2.33. The van der Waals surface area contributed by atoms with Crippen molar-refractivity contribution in [1.82, 2.24) is 9.97 Å². The molecule has 1 aromatic heterocycles. The molecule has 20 heavy (non-hydrogen) atoms. The minimum Gasteiger partial charge on any atom is -0.373 e. The van der Waals surface area contributed by atoms with E-state index in [-0.39, 0.29) is 5.41 Å². The summed E-state index contributed by atoms with van der Waals surface area (Å²) in [5.74, 6) is 1.80. The van der Waals surface area contributed by atoms with Gasteiger partial charge >= 0.3 is 0 Å². The zero-order valence-electron chi connectivity index (χ0n) is 12.8. The van der Waals surface area contributed by atoms with Gasteiger partial charge in [-0.2, -0.15) is 0 Å². The predicted octanol–water partition coefficient (Wildman–Crippen LogP) is 3.93. The number of aryl methyl sites for hydroxylation is 1. The van der Waals surface area contributed by atoms with Gasteiger partial charge in [0.05, 0.1) is 5.41 Å². The SMILES string of the molecule is CCC(CC)(c1ccccc1)c1nc(C)cc(NC)n1. The summed E-state index contributed by atoms with van der Waals surface area (Å²) in [5.41, 5.74) is 2.18. The van der Waals surface area contributed by atoms with Gasteiger partial charge < -0.3 is 5.32 Å². The molecular weight excluding hydrogens is 246 g/mol. The number of aromatic nitrogens is 2. The van der Waals surface area contributed by atoms with Crippen molar-refractivity contribution in [3.63, 3.8) is 0 Å². The molecule has 3 heteroatoms. The highest BCUT2D eigenvalue weighted by Crippen LogP contribution is 2.37. The Kier molecular flexibility index (Phi) is 4.38. The van der Waals surface area contributed by atoms with E-state index in [0.29, 0.717) is 0 Å². The van der Waals surface area contributed by atoms with Crippen molar-refractivity contribution < 1.29 is 0 Å². The topological polar surface area (TPSA) is 37.8 Å². The maximum absolute atomic E-state index is 4.72. The summed E-state index contributed by atoms with van der Waals surface area (Å²) >= 11 is 0. The number of anilines is 1. The summed E-state index contributed by atoms with van der Waals surface area (Å²) < 4.78 is 0. The number of benzene rings is 1. The van der Waals surface area contributed by atoms with E-state index < -0.39 is 0 Å². The van der Waals surface area contributed by atoms with Crippen molar-refractivity contribution in [2.24, 2.45) is 0 Å². The van der Waals surface area contributed by atoms with Gasteiger partial charge in [0.1, 0.15) is 11.6 Å². The van der Waals surface area contributed by atoms with Crippen LogP contribution in [0.4, 0.5) is 5.82 Å². The number of nitrogens with one attached hydrogen (secondary N) is 1. The molecule has 0 atom stereocenters. The molecule has 0 spiro atoms. The van der Waals surface area contributed by atoms with E-state index in [0.717, 1.165) is 30.2 Å². The van der Waals surface area contributed by atoms with Crippen molar-refractivity contribution in [2.75, 3.05) is 12.4 Å². The smallest absolute Gasteiger partial charge is 0.141 e. The van der Waals surface area contributed by atoms with Crippen molar-refractivity contribution in [1.29, 1.82) is 0 Å². The Morgan fingerprint density at radius 3 is 2.25 bits per heavy atom. The molecular formula is C17H23N3. The summed E-state index contributed by atoms with van der Waals surface area (Å²) in [6.07, 6.45) is 1.97. The van der Waals surface area contributed by atoms with Crippen LogP contribution in [0, 0.1) is 6.92 Å². The van der Waals surface area contributed by atoms with Crippen LogP contribution in [0.25, 0.3) is 0 Å². The Labute approximate surface area is 121 Å². The summed E-state index contributed by atoms with van der Waals surface area (Å²) in [7, 11) is 1.90. The van der Waals surface area contributed by atoms with Crippen LogP contribution in [-0.4, -0.2) is 17.0 Å². The van der Waals surface area contributed by atoms with Gasteiger partial charge in [-0.3, -0.25) is 0 Å². The first kappa shape index (κ1) is 14.5. The van der Waals surface area contributed by atoms with Gasteiger partial charge in [-0.15, -0.1) is 0 Å². The second-order valence-corrected chi connectivity index (χ2v) is 5.12. The van der Waals surface area contributed by atoms with Gasteiger partial charge in [0.2, 0.25) is 0 Å². The minimum absolute atomic E-state index is 0.112. The first-order chi connectivity index (χ1) is 9.66. The zero-order chi connectivity index (χ0) is 14.6. The fourth-order valence-electron chi connectivity index (χ4n) is 2.77. The van der Waals surface area contributed by atoms with E-state index in [1.54, 1.807) is 0 Å². The fourth-order valence-corrected chi connectivity index (χ4v) is 2.77. The van der Waals surface area contributed by atoms with Gasteiger partial charge in [-0.05, 0) is 25.3 Å². The summed E-state index contributed by atoms with van der Waals surface area (Å²) in [6.45, 7) is 6.44. The van der Waals surface area contributed by atoms with Crippen LogP contribution in [0.3, 0.4) is 0 Å². The molecule has 0 aliphatic carbocycles. The van der Waals surface area contributed by atoms with Crippen LogP contribution >= 0.6 is 0 Å². The molecule has 106 valence electrons. The Bertz CT molecular complexity index is 560. The van der Waals surface area contributed by atoms with E-state index >= 15 is 0 Å². The van der Waals surface area contributed by atoms with E-state index in [9.17, 15) is 0 Å². The van der Waals surface area contributed by atoms with Crippen LogP contribution in [0.15, 0.2) is 36.4 Å². The van der Waals surface area contributed by atoms with Crippen LogP contribution in [0.2, 0.25) is 0 Å². The third-order valence-corrected chi connectivity index (χ3v) is 4.07. The van der Waals surface area contributed by atoms with Gasteiger partial charge in [-0.25, -0.2) is 9.97 Å². The molecule has 0 fully saturated rings. The molecule has 2 rings (SSSR count). The lowest BCUT2D eigenvalue weighted by Gasteiger charge is -2.31. The Balaban J connectivity index is 2.62. The minimum atomic E-state index is -0.112. The summed E-state index contributed by atoms with van der Waals surface area (Å²) in [5, 5.41) is 3.13. The van der Waals surface area contributed by atoms with Crippen molar-refractivity contribution in [3.05, 3.63) is 53.5 Å². The summed E-state index contributed by atoms with van der Waals surface area (Å²) in [6, 6.07) is 12.6. The van der Waals surface area contributed by atoms with Gasteiger partial charge in [-0.1, -0.05) is 44.2 Å². The Morgan fingerprint density at radius 2 is 1.70 bits per heavy atom. The Hall–Kier alpha value is -1.90. The van der Waals surface area contributed by atoms with E-state index in [1.807, 2.05) is 20.0 Å². The third-order valence-electron chi connectivity index (χ3n) is 4.07. The molecule has 0 saturated carbocycles. The van der Waals surface area contributed by atoms with Crippen molar-refractivity contribution in [2.45, 2.75) is 39.0 Å². The van der Waals surface area contributed by atoms with Crippen LogP contribution in [0.5, 0.6) is 0 Å². The number of nitrogens with zero attached hydrogens (tertiary/aromatic N) is 2. The monoisotopic (exact) mass is 269 g/mol. The number of hydrogen-bond acceptors (Lipinski definition) is 3. The predicted molar refractivity (Wildman–Crippen MR) is 84.1 cm³/mol. The molecule has 0 bridgehead atoms.